The van der Waals surface area contributed by atoms with Crippen LogP contribution in [0.5, 0.6) is 11.5 Å². The molecule has 0 spiro atoms. The van der Waals surface area contributed by atoms with Gasteiger partial charge >= 0.3 is 0 Å². The van der Waals surface area contributed by atoms with Crippen LogP contribution in [0.2, 0.25) is 0 Å². The minimum absolute atomic E-state index is 0.631. The molecule has 0 atom stereocenters. The molecule has 0 amide bonds. The molecule has 0 bridgehead atoms. The molecular weight excluding hydrogens is 250 g/mol. The lowest BCUT2D eigenvalue weighted by atomic mass is 10.1. The lowest BCUT2D eigenvalue weighted by molar-refractivity contribution is 0.306. The fraction of sp³-hybridized carbons (Fsp3) is 0.294. The summed E-state index contributed by atoms with van der Waals surface area (Å²) >= 11 is 0. The van der Waals surface area contributed by atoms with Crippen LogP contribution in [-0.4, -0.2) is 13.7 Å². The topological polar surface area (TPSA) is 30.5 Å². The summed E-state index contributed by atoms with van der Waals surface area (Å²) in [7, 11) is 1.67. The van der Waals surface area contributed by atoms with Crippen molar-refractivity contribution in [2.45, 2.75) is 20.0 Å². The predicted molar refractivity (Wildman–Crippen MR) is 81.1 cm³/mol. The highest BCUT2D eigenvalue weighted by Crippen LogP contribution is 2.30. The highest BCUT2D eigenvalue weighted by molar-refractivity contribution is 5.46. The Morgan fingerprint density at radius 1 is 0.950 bits per heavy atom. The van der Waals surface area contributed by atoms with Crippen LogP contribution in [0.4, 0.5) is 0 Å². The Kier molecular flexibility index (Phi) is 5.44. The van der Waals surface area contributed by atoms with Crippen molar-refractivity contribution in [3.05, 3.63) is 59.7 Å². The van der Waals surface area contributed by atoms with Crippen LogP contribution < -0.4 is 14.8 Å². The Hall–Kier alpha value is -2.00. The second-order valence-electron chi connectivity index (χ2n) is 4.47. The number of methoxy groups -OCH3 is 1. The van der Waals surface area contributed by atoms with Gasteiger partial charge in [-0.15, -0.1) is 0 Å². The van der Waals surface area contributed by atoms with Gasteiger partial charge in [-0.25, -0.2) is 0 Å². The SMILES string of the molecule is CCOc1c(CNCc2ccccc2)cccc1OC. The van der Waals surface area contributed by atoms with E-state index in [4.69, 9.17) is 9.47 Å². The van der Waals surface area contributed by atoms with Gasteiger partial charge in [-0.3, -0.25) is 0 Å². The second kappa shape index (κ2) is 7.56. The summed E-state index contributed by atoms with van der Waals surface area (Å²) in [5.74, 6) is 1.61. The molecule has 0 aliphatic heterocycles. The first-order chi connectivity index (χ1) is 9.85. The summed E-state index contributed by atoms with van der Waals surface area (Å²) in [6, 6.07) is 16.3. The van der Waals surface area contributed by atoms with Gasteiger partial charge in [-0.1, -0.05) is 42.5 Å². The van der Waals surface area contributed by atoms with Crippen molar-refractivity contribution in [2.24, 2.45) is 0 Å². The number of rotatable bonds is 7. The largest absolute Gasteiger partial charge is 0.493 e. The van der Waals surface area contributed by atoms with Crippen LogP contribution in [0.15, 0.2) is 48.5 Å². The molecule has 0 fully saturated rings. The first-order valence-corrected chi connectivity index (χ1v) is 6.88. The van der Waals surface area contributed by atoms with Gasteiger partial charge in [0.1, 0.15) is 0 Å². The number of para-hydroxylation sites is 1. The van der Waals surface area contributed by atoms with E-state index in [0.29, 0.717) is 6.61 Å². The summed E-state index contributed by atoms with van der Waals surface area (Å²) < 4.78 is 11.0. The Morgan fingerprint density at radius 2 is 1.75 bits per heavy atom. The van der Waals surface area contributed by atoms with Gasteiger partial charge in [0.25, 0.3) is 0 Å². The van der Waals surface area contributed by atoms with Gasteiger partial charge < -0.3 is 14.8 Å². The first-order valence-electron chi connectivity index (χ1n) is 6.88. The summed E-state index contributed by atoms with van der Waals surface area (Å²) in [5, 5.41) is 3.43. The van der Waals surface area contributed by atoms with Crippen LogP contribution in [0.1, 0.15) is 18.1 Å². The number of nitrogens with one attached hydrogen (secondary N) is 1. The molecule has 0 saturated carbocycles. The molecule has 2 aromatic rings. The molecule has 106 valence electrons. The zero-order valence-corrected chi connectivity index (χ0v) is 12.1. The third kappa shape index (κ3) is 3.75. The summed E-state index contributed by atoms with van der Waals surface area (Å²) in [4.78, 5) is 0. The third-order valence-electron chi connectivity index (χ3n) is 3.06. The fourth-order valence-corrected chi connectivity index (χ4v) is 2.11. The van der Waals surface area contributed by atoms with Gasteiger partial charge in [0.15, 0.2) is 11.5 Å². The van der Waals surface area contributed by atoms with Crippen LogP contribution in [0.3, 0.4) is 0 Å². The van der Waals surface area contributed by atoms with E-state index in [1.54, 1.807) is 7.11 Å². The summed E-state index contributed by atoms with van der Waals surface area (Å²) in [6.07, 6.45) is 0. The number of hydrogen-bond acceptors (Lipinski definition) is 3. The number of hydrogen-bond donors (Lipinski definition) is 1. The molecule has 20 heavy (non-hydrogen) atoms. The van der Waals surface area contributed by atoms with Crippen LogP contribution in [-0.2, 0) is 13.1 Å². The maximum atomic E-state index is 5.70. The Bertz CT molecular complexity index is 526. The maximum Gasteiger partial charge on any atom is 0.165 e. The zero-order valence-electron chi connectivity index (χ0n) is 12.1. The number of ether oxygens (including phenoxy) is 2. The van der Waals surface area contributed by atoms with Crippen LogP contribution in [0.25, 0.3) is 0 Å². The van der Waals surface area contributed by atoms with Crippen molar-refractivity contribution >= 4 is 0 Å². The standard InChI is InChI=1S/C17H21NO2/c1-3-20-17-15(10-7-11-16(17)19-2)13-18-12-14-8-5-4-6-9-14/h4-11,18H,3,12-13H2,1-2H3. The van der Waals surface area contributed by atoms with Crippen molar-refractivity contribution in [3.63, 3.8) is 0 Å². The molecule has 2 rings (SSSR count). The maximum absolute atomic E-state index is 5.70. The quantitative estimate of drug-likeness (QED) is 0.837. The minimum Gasteiger partial charge on any atom is -0.493 e. The van der Waals surface area contributed by atoms with Crippen molar-refractivity contribution in [2.75, 3.05) is 13.7 Å². The molecule has 0 heterocycles. The monoisotopic (exact) mass is 271 g/mol. The third-order valence-corrected chi connectivity index (χ3v) is 3.06. The molecule has 1 N–H and O–H groups in total. The van der Waals surface area contributed by atoms with Crippen LogP contribution in [0, 0.1) is 0 Å². The average molecular weight is 271 g/mol. The van der Waals surface area contributed by atoms with E-state index in [1.807, 2.05) is 37.3 Å². The summed E-state index contributed by atoms with van der Waals surface area (Å²) in [6.45, 7) is 4.20. The molecular formula is C17H21NO2. The van der Waals surface area contributed by atoms with Gasteiger partial charge in [0.2, 0.25) is 0 Å². The second-order valence-corrected chi connectivity index (χ2v) is 4.47. The lowest BCUT2D eigenvalue weighted by Crippen LogP contribution is -2.14. The predicted octanol–water partition coefficient (Wildman–Crippen LogP) is 3.38. The smallest absolute Gasteiger partial charge is 0.165 e. The highest BCUT2D eigenvalue weighted by Gasteiger charge is 2.09. The van der Waals surface area contributed by atoms with E-state index in [-0.39, 0.29) is 0 Å². The lowest BCUT2D eigenvalue weighted by Gasteiger charge is -2.14. The normalized spacial score (nSPS) is 10.3. The van der Waals surface area contributed by atoms with E-state index >= 15 is 0 Å². The Morgan fingerprint density at radius 3 is 2.45 bits per heavy atom. The van der Waals surface area contributed by atoms with Gasteiger partial charge in [0.05, 0.1) is 13.7 Å². The average Bonchev–Trinajstić information content (AvgIpc) is 2.50. The van der Waals surface area contributed by atoms with Crippen LogP contribution >= 0.6 is 0 Å². The highest BCUT2D eigenvalue weighted by atomic mass is 16.5. The van der Waals surface area contributed by atoms with Crippen molar-refractivity contribution in [1.82, 2.24) is 5.32 Å². The molecule has 3 nitrogen and oxygen atoms in total. The van der Waals surface area contributed by atoms with E-state index in [1.165, 1.54) is 5.56 Å². The van der Waals surface area contributed by atoms with Crippen molar-refractivity contribution < 1.29 is 9.47 Å². The molecule has 0 unspecified atom stereocenters. The van der Waals surface area contributed by atoms with Gasteiger partial charge in [-0.2, -0.15) is 0 Å². The molecule has 0 aliphatic carbocycles. The summed E-state index contributed by atoms with van der Waals surface area (Å²) in [5.41, 5.74) is 2.38. The van der Waals surface area contributed by atoms with Gasteiger partial charge in [-0.05, 0) is 18.6 Å². The molecule has 3 heteroatoms. The molecule has 0 saturated heterocycles. The minimum atomic E-state index is 0.631. The zero-order chi connectivity index (χ0) is 14.2. The molecule has 0 radical (unpaired) electrons. The van der Waals surface area contributed by atoms with E-state index in [9.17, 15) is 0 Å². The number of benzene rings is 2. The Labute approximate surface area is 120 Å². The molecule has 0 aliphatic rings. The van der Waals surface area contributed by atoms with E-state index < -0.39 is 0 Å². The molecule has 2 aromatic carbocycles. The van der Waals surface area contributed by atoms with E-state index in [2.05, 4.69) is 23.5 Å². The molecule has 0 aromatic heterocycles. The fourth-order valence-electron chi connectivity index (χ4n) is 2.11. The van der Waals surface area contributed by atoms with Crippen molar-refractivity contribution in [1.29, 1.82) is 0 Å². The van der Waals surface area contributed by atoms with E-state index in [0.717, 1.165) is 30.2 Å². The van der Waals surface area contributed by atoms with Gasteiger partial charge in [0, 0.05) is 18.7 Å². The van der Waals surface area contributed by atoms with Crippen molar-refractivity contribution in [3.8, 4) is 11.5 Å². The first kappa shape index (κ1) is 14.4. The Balaban J connectivity index is 2.01.